The van der Waals surface area contributed by atoms with Crippen LogP contribution in [0.4, 0.5) is 0 Å². The van der Waals surface area contributed by atoms with Crippen LogP contribution in [0.1, 0.15) is 37.7 Å². The third kappa shape index (κ3) is 3.44. The maximum absolute atomic E-state index is 12.8. The van der Waals surface area contributed by atoms with Gasteiger partial charge in [0.15, 0.2) is 0 Å². The smallest absolute Gasteiger partial charge is 0.270 e. The summed E-state index contributed by atoms with van der Waals surface area (Å²) in [5, 5.41) is 10.9. The topological polar surface area (TPSA) is 69.3 Å². The highest BCUT2D eigenvalue weighted by atomic mass is 32.1. The predicted molar refractivity (Wildman–Crippen MR) is 95.6 cm³/mol. The Balaban J connectivity index is 1.70. The van der Waals surface area contributed by atoms with Crippen LogP contribution in [-0.4, -0.2) is 52.4 Å². The van der Waals surface area contributed by atoms with Crippen molar-refractivity contribution in [2.75, 3.05) is 26.2 Å². The van der Waals surface area contributed by atoms with Crippen LogP contribution in [0.25, 0.3) is 0 Å². The van der Waals surface area contributed by atoms with E-state index in [0.29, 0.717) is 37.4 Å². The number of aryl methyl sites for hydroxylation is 2. The highest BCUT2D eigenvalue weighted by Gasteiger charge is 2.26. The second-order valence-electron chi connectivity index (χ2n) is 6.21. The van der Waals surface area contributed by atoms with E-state index in [-0.39, 0.29) is 11.8 Å². The van der Waals surface area contributed by atoms with Crippen molar-refractivity contribution in [3.05, 3.63) is 45.4 Å². The number of rotatable bonds is 2. The van der Waals surface area contributed by atoms with Gasteiger partial charge in [0, 0.05) is 39.4 Å². The molecule has 2 aromatic rings. The Hall–Kier alpha value is -2.59. The van der Waals surface area contributed by atoms with Crippen LogP contribution in [0.2, 0.25) is 0 Å². The largest absolute Gasteiger partial charge is 0.345 e. The molecule has 3 heterocycles. The molecule has 0 N–H and O–H groups in total. The average molecular weight is 356 g/mol. The van der Waals surface area contributed by atoms with Gasteiger partial charge in [0.25, 0.3) is 11.8 Å². The average Bonchev–Trinajstić information content (AvgIpc) is 3.10. The Kier molecular flexibility index (Phi) is 4.91. The van der Waals surface area contributed by atoms with Crippen molar-refractivity contribution in [3.8, 4) is 6.07 Å². The van der Waals surface area contributed by atoms with Gasteiger partial charge in [0.2, 0.25) is 0 Å². The van der Waals surface area contributed by atoms with Crippen LogP contribution in [0.5, 0.6) is 0 Å². The van der Waals surface area contributed by atoms with Crippen LogP contribution in [-0.2, 0) is 7.05 Å². The summed E-state index contributed by atoms with van der Waals surface area (Å²) in [5.41, 5.74) is 1.98. The molecule has 0 saturated carbocycles. The molecule has 1 aliphatic heterocycles. The highest BCUT2D eigenvalue weighted by molar-refractivity contribution is 7.12. The summed E-state index contributed by atoms with van der Waals surface area (Å²) in [7, 11) is 1.77. The first-order valence-corrected chi connectivity index (χ1v) is 9.08. The minimum Gasteiger partial charge on any atom is -0.345 e. The molecule has 0 bridgehead atoms. The van der Waals surface area contributed by atoms with E-state index in [2.05, 4.69) is 6.07 Å². The number of nitrogens with zero attached hydrogens (tertiary/aromatic N) is 4. The minimum atomic E-state index is -0.0920. The van der Waals surface area contributed by atoms with Gasteiger partial charge in [0.05, 0.1) is 10.4 Å². The summed E-state index contributed by atoms with van der Waals surface area (Å²) >= 11 is 1.46. The lowest BCUT2D eigenvalue weighted by atomic mass is 10.2. The van der Waals surface area contributed by atoms with Crippen molar-refractivity contribution in [1.29, 1.82) is 5.26 Å². The predicted octanol–water partition coefficient (Wildman–Crippen LogP) is 2.25. The Morgan fingerprint density at radius 2 is 1.84 bits per heavy atom. The van der Waals surface area contributed by atoms with Crippen molar-refractivity contribution in [2.24, 2.45) is 7.05 Å². The van der Waals surface area contributed by atoms with Gasteiger partial charge >= 0.3 is 0 Å². The summed E-state index contributed by atoms with van der Waals surface area (Å²) < 4.78 is 1.68. The Labute approximate surface area is 150 Å². The van der Waals surface area contributed by atoms with E-state index in [1.807, 2.05) is 23.3 Å². The van der Waals surface area contributed by atoms with Crippen LogP contribution in [0.3, 0.4) is 0 Å². The summed E-state index contributed by atoms with van der Waals surface area (Å²) in [6.07, 6.45) is 2.40. The maximum Gasteiger partial charge on any atom is 0.270 e. The van der Waals surface area contributed by atoms with E-state index in [1.54, 1.807) is 28.8 Å². The molecule has 130 valence electrons. The molecule has 6 nitrogen and oxygen atoms in total. The molecule has 0 spiro atoms. The normalized spacial score (nSPS) is 14.9. The van der Waals surface area contributed by atoms with E-state index >= 15 is 0 Å². The van der Waals surface area contributed by atoms with Gasteiger partial charge in [-0.25, -0.2) is 0 Å². The number of carbonyl (C=O) groups is 2. The number of thiophene rings is 1. The number of nitriles is 1. The third-order valence-electron chi connectivity index (χ3n) is 4.48. The maximum atomic E-state index is 12.8. The van der Waals surface area contributed by atoms with Crippen LogP contribution >= 0.6 is 11.3 Å². The number of carbonyl (C=O) groups excluding carboxylic acids is 2. The van der Waals surface area contributed by atoms with E-state index in [1.165, 1.54) is 11.3 Å². The zero-order valence-corrected chi connectivity index (χ0v) is 15.2. The molecule has 1 saturated heterocycles. The van der Waals surface area contributed by atoms with Crippen molar-refractivity contribution < 1.29 is 9.59 Å². The van der Waals surface area contributed by atoms with Crippen molar-refractivity contribution in [1.82, 2.24) is 14.4 Å². The van der Waals surface area contributed by atoms with Crippen molar-refractivity contribution >= 4 is 23.2 Å². The second-order valence-corrected chi connectivity index (χ2v) is 7.12. The van der Waals surface area contributed by atoms with Gasteiger partial charge in [-0.05, 0) is 36.4 Å². The molecule has 0 aliphatic carbocycles. The second kappa shape index (κ2) is 7.11. The lowest BCUT2D eigenvalue weighted by Crippen LogP contribution is -2.37. The Morgan fingerprint density at radius 3 is 2.40 bits per heavy atom. The molecule has 2 amide bonds. The summed E-state index contributed by atoms with van der Waals surface area (Å²) in [6, 6.07) is 5.63. The molecule has 0 radical (unpaired) electrons. The van der Waals surface area contributed by atoms with Gasteiger partial charge in [-0.2, -0.15) is 5.26 Å². The van der Waals surface area contributed by atoms with E-state index in [9.17, 15) is 9.59 Å². The summed E-state index contributed by atoms with van der Waals surface area (Å²) in [5.74, 6) is -0.0435. The minimum absolute atomic E-state index is 0.0485. The van der Waals surface area contributed by atoms with E-state index < -0.39 is 0 Å². The standard InChI is InChI=1S/C18H20N4O2S/c1-13-4-9-25-16(13)18(24)22-6-3-5-21(7-8-22)17(23)15-10-14(11-19)12-20(15)2/h4,9-10,12H,3,5-8H2,1-2H3. The van der Waals surface area contributed by atoms with E-state index in [4.69, 9.17) is 5.26 Å². The lowest BCUT2D eigenvalue weighted by molar-refractivity contribution is 0.0715. The zero-order valence-electron chi connectivity index (χ0n) is 14.4. The number of hydrogen-bond donors (Lipinski definition) is 0. The van der Waals surface area contributed by atoms with Crippen LogP contribution in [0, 0.1) is 18.3 Å². The molecule has 1 aliphatic rings. The molecule has 2 aromatic heterocycles. The fourth-order valence-corrected chi connectivity index (χ4v) is 3.95. The summed E-state index contributed by atoms with van der Waals surface area (Å²) in [6.45, 7) is 4.23. The van der Waals surface area contributed by atoms with Gasteiger partial charge in [-0.1, -0.05) is 0 Å². The lowest BCUT2D eigenvalue weighted by Gasteiger charge is -2.22. The number of hydrogen-bond acceptors (Lipinski definition) is 4. The number of aromatic nitrogens is 1. The summed E-state index contributed by atoms with van der Waals surface area (Å²) in [4.78, 5) is 29.8. The fraction of sp³-hybridized carbons (Fsp3) is 0.389. The quantitative estimate of drug-likeness (QED) is 0.829. The third-order valence-corrected chi connectivity index (χ3v) is 5.48. The molecular weight excluding hydrogens is 336 g/mol. The van der Waals surface area contributed by atoms with Gasteiger partial charge in [0.1, 0.15) is 11.8 Å². The SMILES string of the molecule is Cc1ccsc1C(=O)N1CCCN(C(=O)c2cc(C#N)cn2C)CC1. The Morgan fingerprint density at radius 1 is 1.16 bits per heavy atom. The molecule has 0 atom stereocenters. The fourth-order valence-electron chi connectivity index (χ4n) is 3.06. The zero-order chi connectivity index (χ0) is 18.0. The molecule has 3 rings (SSSR count). The molecule has 0 unspecified atom stereocenters. The van der Waals surface area contributed by atoms with Crippen molar-refractivity contribution in [2.45, 2.75) is 13.3 Å². The number of amides is 2. The van der Waals surface area contributed by atoms with Crippen LogP contribution < -0.4 is 0 Å². The Bertz CT molecular complexity index is 846. The van der Waals surface area contributed by atoms with Crippen LogP contribution in [0.15, 0.2) is 23.7 Å². The van der Waals surface area contributed by atoms with Gasteiger partial charge in [-0.15, -0.1) is 11.3 Å². The first-order chi connectivity index (χ1) is 12.0. The molecule has 25 heavy (non-hydrogen) atoms. The first-order valence-electron chi connectivity index (χ1n) is 8.20. The van der Waals surface area contributed by atoms with Gasteiger partial charge < -0.3 is 14.4 Å². The molecule has 1 fully saturated rings. The van der Waals surface area contributed by atoms with Gasteiger partial charge in [-0.3, -0.25) is 9.59 Å². The monoisotopic (exact) mass is 356 g/mol. The molecule has 7 heteroatoms. The van der Waals surface area contributed by atoms with E-state index in [0.717, 1.165) is 16.9 Å². The molecule has 0 aromatic carbocycles. The highest BCUT2D eigenvalue weighted by Crippen LogP contribution is 2.19. The first kappa shape index (κ1) is 17.2. The van der Waals surface area contributed by atoms with Crippen molar-refractivity contribution in [3.63, 3.8) is 0 Å². The molecular formula is C18H20N4O2S.